The number of nitro benzene ring substituents is 1. The van der Waals surface area contributed by atoms with Crippen LogP contribution in [0, 0.1) is 24.0 Å². The van der Waals surface area contributed by atoms with Crippen molar-refractivity contribution in [3.8, 4) is 17.1 Å². The Morgan fingerprint density at radius 1 is 1.14 bits per heavy atom. The van der Waals surface area contributed by atoms with E-state index in [4.69, 9.17) is 9.15 Å². The van der Waals surface area contributed by atoms with E-state index >= 15 is 0 Å². The number of furan rings is 1. The minimum atomic E-state index is -0.470. The van der Waals surface area contributed by atoms with Crippen LogP contribution in [0.3, 0.4) is 0 Å². The Balaban J connectivity index is 1.59. The molecule has 0 bridgehead atoms. The number of ether oxygens (including phenoxy) is 1. The van der Waals surface area contributed by atoms with Crippen molar-refractivity contribution < 1.29 is 18.9 Å². The summed E-state index contributed by atoms with van der Waals surface area (Å²) in [4.78, 5) is 22.6. The van der Waals surface area contributed by atoms with Gasteiger partial charge in [0.2, 0.25) is 0 Å². The van der Waals surface area contributed by atoms with Gasteiger partial charge in [-0.1, -0.05) is 30.3 Å². The normalized spacial score (nSPS) is 10.8. The summed E-state index contributed by atoms with van der Waals surface area (Å²) in [5, 5.41) is 15.0. The molecule has 1 amide bonds. The Bertz CT molecular complexity index is 1050. The molecule has 3 aromatic rings. The van der Waals surface area contributed by atoms with Crippen molar-refractivity contribution >= 4 is 17.8 Å². The van der Waals surface area contributed by atoms with E-state index in [1.807, 2.05) is 32.0 Å². The number of carbonyl (C=O) groups is 1. The molecule has 0 saturated heterocycles. The molecule has 0 atom stereocenters. The summed E-state index contributed by atoms with van der Waals surface area (Å²) in [5.74, 6) is 0.929. The summed E-state index contributed by atoms with van der Waals surface area (Å²) in [6, 6.07) is 15.2. The molecule has 0 aliphatic rings. The average molecular weight is 393 g/mol. The first-order chi connectivity index (χ1) is 14.0. The number of hydrogen-bond donors (Lipinski definition) is 1. The molecule has 0 saturated carbocycles. The highest BCUT2D eigenvalue weighted by Crippen LogP contribution is 2.30. The van der Waals surface area contributed by atoms with Crippen LogP contribution in [0.1, 0.15) is 16.9 Å². The summed E-state index contributed by atoms with van der Waals surface area (Å²) in [5.41, 5.74) is 4.55. The molecule has 8 nitrogen and oxygen atoms in total. The molecule has 0 aliphatic carbocycles. The van der Waals surface area contributed by atoms with Gasteiger partial charge in [0, 0.05) is 6.07 Å². The van der Waals surface area contributed by atoms with Crippen LogP contribution in [0.25, 0.3) is 11.3 Å². The fourth-order valence-corrected chi connectivity index (χ4v) is 2.77. The van der Waals surface area contributed by atoms with Gasteiger partial charge in [-0.3, -0.25) is 14.9 Å². The van der Waals surface area contributed by atoms with E-state index < -0.39 is 10.8 Å². The topological polar surface area (TPSA) is 107 Å². The van der Waals surface area contributed by atoms with E-state index in [0.717, 1.165) is 11.1 Å². The second-order valence-corrected chi connectivity index (χ2v) is 6.28. The van der Waals surface area contributed by atoms with Gasteiger partial charge in [-0.05, 0) is 43.2 Å². The summed E-state index contributed by atoms with van der Waals surface area (Å²) in [7, 11) is 0. The highest BCUT2D eigenvalue weighted by molar-refractivity contribution is 5.82. The summed E-state index contributed by atoms with van der Waals surface area (Å²) >= 11 is 0. The van der Waals surface area contributed by atoms with Crippen molar-refractivity contribution in [2.45, 2.75) is 13.8 Å². The molecular weight excluding hydrogens is 374 g/mol. The number of nitro groups is 1. The molecule has 0 aliphatic heterocycles. The van der Waals surface area contributed by atoms with E-state index in [-0.39, 0.29) is 12.3 Å². The Labute approximate surface area is 167 Å². The van der Waals surface area contributed by atoms with E-state index in [9.17, 15) is 14.9 Å². The number of amides is 1. The Morgan fingerprint density at radius 3 is 2.59 bits per heavy atom. The lowest BCUT2D eigenvalue weighted by atomic mass is 10.1. The van der Waals surface area contributed by atoms with Crippen molar-refractivity contribution in [2.24, 2.45) is 5.10 Å². The molecular formula is C21H19N3O5. The highest BCUT2D eigenvalue weighted by Gasteiger charge is 2.16. The number of aryl methyl sites for hydroxylation is 2. The number of para-hydroxylation sites is 2. The lowest BCUT2D eigenvalue weighted by Crippen LogP contribution is -2.24. The zero-order valence-corrected chi connectivity index (χ0v) is 15.9. The fraction of sp³-hybridized carbons (Fsp3) is 0.143. The Morgan fingerprint density at radius 2 is 1.86 bits per heavy atom. The van der Waals surface area contributed by atoms with E-state index in [1.54, 1.807) is 30.3 Å². The zero-order valence-electron chi connectivity index (χ0n) is 15.9. The summed E-state index contributed by atoms with van der Waals surface area (Å²) < 4.78 is 11.1. The van der Waals surface area contributed by atoms with Gasteiger partial charge < -0.3 is 9.15 Å². The van der Waals surface area contributed by atoms with Gasteiger partial charge in [0.1, 0.15) is 17.3 Å². The molecule has 8 heteroatoms. The number of rotatable bonds is 7. The lowest BCUT2D eigenvalue weighted by molar-refractivity contribution is -0.384. The van der Waals surface area contributed by atoms with Crippen LogP contribution in [0.15, 0.2) is 64.1 Å². The number of carbonyl (C=O) groups excluding carboxylic acids is 1. The number of nitrogens with one attached hydrogen (secondary N) is 1. The minimum Gasteiger partial charge on any atom is -0.483 e. The second-order valence-electron chi connectivity index (χ2n) is 6.28. The van der Waals surface area contributed by atoms with Crippen LogP contribution in [0.4, 0.5) is 5.69 Å². The average Bonchev–Trinajstić information content (AvgIpc) is 3.16. The van der Waals surface area contributed by atoms with Crippen LogP contribution in [-0.4, -0.2) is 23.7 Å². The summed E-state index contributed by atoms with van der Waals surface area (Å²) in [6.07, 6.45) is 1.31. The molecule has 3 rings (SSSR count). The first kappa shape index (κ1) is 19.8. The van der Waals surface area contributed by atoms with Crippen molar-refractivity contribution in [1.29, 1.82) is 0 Å². The predicted octanol–water partition coefficient (Wildman–Crippen LogP) is 4.00. The molecule has 1 aromatic heterocycles. The number of nitrogens with zero attached hydrogens (tertiary/aromatic N) is 2. The van der Waals surface area contributed by atoms with Crippen LogP contribution in [-0.2, 0) is 4.79 Å². The van der Waals surface area contributed by atoms with Gasteiger partial charge in [0.05, 0.1) is 16.7 Å². The standard InChI is InChI=1S/C21H19N3O5/c1-14-6-5-7-15(2)21(14)28-13-20(25)23-22-12-16-10-11-19(29-16)17-8-3-4-9-18(17)24(26)27/h3-12H,13H2,1-2H3,(H,23,25)/b22-12+. The van der Waals surface area contributed by atoms with E-state index in [1.165, 1.54) is 12.3 Å². The molecule has 2 aromatic carbocycles. The molecule has 0 unspecified atom stereocenters. The van der Waals surface area contributed by atoms with Gasteiger partial charge in [0.15, 0.2) is 6.61 Å². The zero-order chi connectivity index (χ0) is 20.8. The van der Waals surface area contributed by atoms with Gasteiger partial charge in [-0.25, -0.2) is 5.43 Å². The Hall–Kier alpha value is -3.94. The maximum absolute atomic E-state index is 11.9. The number of hydrogen-bond acceptors (Lipinski definition) is 6. The van der Waals surface area contributed by atoms with Crippen molar-refractivity contribution in [3.05, 3.63) is 81.6 Å². The lowest BCUT2D eigenvalue weighted by Gasteiger charge is -2.10. The van der Waals surface area contributed by atoms with Gasteiger partial charge in [-0.2, -0.15) is 5.10 Å². The van der Waals surface area contributed by atoms with Gasteiger partial charge >= 0.3 is 0 Å². The van der Waals surface area contributed by atoms with Crippen LogP contribution in [0.2, 0.25) is 0 Å². The smallest absolute Gasteiger partial charge is 0.280 e. The quantitative estimate of drug-likeness (QED) is 0.371. The molecule has 0 radical (unpaired) electrons. The SMILES string of the molecule is Cc1cccc(C)c1OCC(=O)N/N=C/c1ccc(-c2ccccc2[N+](=O)[O-])o1. The molecule has 0 fully saturated rings. The number of benzene rings is 2. The van der Waals surface area contributed by atoms with Gasteiger partial charge in [-0.15, -0.1) is 0 Å². The van der Waals surface area contributed by atoms with Gasteiger partial charge in [0.25, 0.3) is 11.6 Å². The third-order valence-corrected chi connectivity index (χ3v) is 4.13. The van der Waals surface area contributed by atoms with Crippen molar-refractivity contribution in [2.75, 3.05) is 6.61 Å². The third-order valence-electron chi connectivity index (χ3n) is 4.13. The van der Waals surface area contributed by atoms with E-state index in [2.05, 4.69) is 10.5 Å². The van der Waals surface area contributed by atoms with Crippen molar-refractivity contribution in [3.63, 3.8) is 0 Å². The second kappa shape index (κ2) is 8.83. The minimum absolute atomic E-state index is 0.0534. The maximum Gasteiger partial charge on any atom is 0.280 e. The first-order valence-corrected chi connectivity index (χ1v) is 8.80. The van der Waals surface area contributed by atoms with Crippen LogP contribution >= 0.6 is 0 Å². The predicted molar refractivity (Wildman–Crippen MR) is 108 cm³/mol. The van der Waals surface area contributed by atoms with Crippen molar-refractivity contribution in [1.82, 2.24) is 5.43 Å². The first-order valence-electron chi connectivity index (χ1n) is 8.80. The van der Waals surface area contributed by atoms with Crippen LogP contribution < -0.4 is 10.2 Å². The number of hydrazone groups is 1. The monoisotopic (exact) mass is 393 g/mol. The molecule has 29 heavy (non-hydrogen) atoms. The molecule has 0 spiro atoms. The summed E-state index contributed by atoms with van der Waals surface area (Å²) in [6.45, 7) is 3.64. The largest absolute Gasteiger partial charge is 0.483 e. The molecule has 1 heterocycles. The maximum atomic E-state index is 11.9. The van der Waals surface area contributed by atoms with E-state index in [0.29, 0.717) is 22.8 Å². The van der Waals surface area contributed by atoms with Crippen LogP contribution in [0.5, 0.6) is 5.75 Å². The third kappa shape index (κ3) is 4.86. The molecule has 148 valence electrons. The fourth-order valence-electron chi connectivity index (χ4n) is 2.77. The molecule has 1 N–H and O–H groups in total. The Kier molecular flexibility index (Phi) is 6.03. The highest BCUT2D eigenvalue weighted by atomic mass is 16.6.